The molecule has 2 rings (SSSR count). The van der Waals surface area contributed by atoms with E-state index in [9.17, 15) is 14.4 Å². The van der Waals surface area contributed by atoms with Gasteiger partial charge in [0.15, 0.2) is 0 Å². The number of hydrogen-bond donors (Lipinski definition) is 2. The lowest BCUT2D eigenvalue weighted by atomic mass is 10.2. The SMILES string of the molecule is O=C1CN(C(=O)CCCNC(=O)c2ccsc2)CCN1. The van der Waals surface area contributed by atoms with E-state index in [2.05, 4.69) is 10.6 Å². The van der Waals surface area contributed by atoms with E-state index < -0.39 is 0 Å². The predicted octanol–water partition coefficient (Wildman–Crippen LogP) is 0.216. The number of amides is 3. The average molecular weight is 295 g/mol. The molecule has 0 unspecified atom stereocenters. The van der Waals surface area contributed by atoms with E-state index in [4.69, 9.17) is 0 Å². The lowest BCUT2D eigenvalue weighted by Crippen LogP contribution is -2.50. The van der Waals surface area contributed by atoms with E-state index in [1.807, 2.05) is 5.38 Å². The fourth-order valence-electron chi connectivity index (χ4n) is 1.95. The first kappa shape index (κ1) is 14.5. The van der Waals surface area contributed by atoms with Gasteiger partial charge < -0.3 is 15.5 Å². The lowest BCUT2D eigenvalue weighted by molar-refractivity contribution is -0.138. The van der Waals surface area contributed by atoms with Crippen LogP contribution in [-0.2, 0) is 9.59 Å². The molecular formula is C13H17N3O3S. The standard InChI is InChI=1S/C13H17N3O3S/c17-11-8-16(6-5-14-11)12(18)2-1-4-15-13(19)10-3-7-20-9-10/h3,7,9H,1-2,4-6,8H2,(H,14,17)(H,15,19). The molecule has 1 fully saturated rings. The molecule has 1 aromatic rings. The zero-order chi connectivity index (χ0) is 14.4. The van der Waals surface area contributed by atoms with Gasteiger partial charge in [-0.05, 0) is 17.9 Å². The van der Waals surface area contributed by atoms with Crippen molar-refractivity contribution in [3.8, 4) is 0 Å². The molecule has 0 saturated carbocycles. The van der Waals surface area contributed by atoms with Gasteiger partial charge in [0.05, 0.1) is 6.54 Å². The van der Waals surface area contributed by atoms with Gasteiger partial charge in [-0.3, -0.25) is 14.4 Å². The highest BCUT2D eigenvalue weighted by atomic mass is 32.1. The minimum absolute atomic E-state index is 0.0374. The molecule has 1 aliphatic rings. The van der Waals surface area contributed by atoms with E-state index in [-0.39, 0.29) is 24.3 Å². The van der Waals surface area contributed by atoms with Gasteiger partial charge in [-0.2, -0.15) is 11.3 Å². The molecule has 108 valence electrons. The lowest BCUT2D eigenvalue weighted by Gasteiger charge is -2.26. The molecule has 6 nitrogen and oxygen atoms in total. The van der Waals surface area contributed by atoms with Crippen molar-refractivity contribution in [1.29, 1.82) is 0 Å². The Morgan fingerprint density at radius 1 is 1.45 bits per heavy atom. The Bertz CT molecular complexity index is 487. The summed E-state index contributed by atoms with van der Waals surface area (Å²) in [6.07, 6.45) is 0.921. The van der Waals surface area contributed by atoms with Crippen molar-refractivity contribution in [2.45, 2.75) is 12.8 Å². The summed E-state index contributed by atoms with van der Waals surface area (Å²) in [7, 11) is 0. The fraction of sp³-hybridized carbons (Fsp3) is 0.462. The Hall–Kier alpha value is -1.89. The van der Waals surface area contributed by atoms with Crippen LogP contribution in [0.25, 0.3) is 0 Å². The minimum Gasteiger partial charge on any atom is -0.353 e. The smallest absolute Gasteiger partial charge is 0.252 e. The molecule has 1 aliphatic heterocycles. The monoisotopic (exact) mass is 295 g/mol. The van der Waals surface area contributed by atoms with Gasteiger partial charge in [-0.1, -0.05) is 0 Å². The van der Waals surface area contributed by atoms with Gasteiger partial charge in [0.1, 0.15) is 0 Å². The zero-order valence-electron chi connectivity index (χ0n) is 11.1. The topological polar surface area (TPSA) is 78.5 Å². The van der Waals surface area contributed by atoms with Crippen LogP contribution < -0.4 is 10.6 Å². The van der Waals surface area contributed by atoms with Gasteiger partial charge >= 0.3 is 0 Å². The quantitative estimate of drug-likeness (QED) is 0.763. The summed E-state index contributed by atoms with van der Waals surface area (Å²) >= 11 is 1.47. The zero-order valence-corrected chi connectivity index (χ0v) is 11.9. The number of nitrogens with zero attached hydrogens (tertiary/aromatic N) is 1. The van der Waals surface area contributed by atoms with Crippen molar-refractivity contribution in [3.05, 3.63) is 22.4 Å². The molecule has 2 heterocycles. The first-order valence-electron chi connectivity index (χ1n) is 6.51. The van der Waals surface area contributed by atoms with Crippen molar-refractivity contribution in [1.82, 2.24) is 15.5 Å². The van der Waals surface area contributed by atoms with Crippen molar-refractivity contribution in [2.24, 2.45) is 0 Å². The fourth-order valence-corrected chi connectivity index (χ4v) is 2.58. The molecule has 0 radical (unpaired) electrons. The maximum atomic E-state index is 11.9. The number of carbonyl (C=O) groups is 3. The Kier molecular flexibility index (Phi) is 5.11. The van der Waals surface area contributed by atoms with Crippen molar-refractivity contribution in [3.63, 3.8) is 0 Å². The molecule has 1 saturated heterocycles. The van der Waals surface area contributed by atoms with E-state index in [1.54, 1.807) is 16.3 Å². The molecule has 0 spiro atoms. The van der Waals surface area contributed by atoms with Crippen LogP contribution >= 0.6 is 11.3 Å². The Labute approximate surface area is 121 Å². The molecule has 2 N–H and O–H groups in total. The number of piperazine rings is 1. The van der Waals surface area contributed by atoms with Crippen LogP contribution in [0.2, 0.25) is 0 Å². The first-order valence-corrected chi connectivity index (χ1v) is 7.46. The van der Waals surface area contributed by atoms with Crippen LogP contribution in [-0.4, -0.2) is 48.8 Å². The Balaban J connectivity index is 1.64. The molecule has 0 aliphatic carbocycles. The van der Waals surface area contributed by atoms with Gasteiger partial charge in [0, 0.05) is 37.0 Å². The van der Waals surface area contributed by atoms with Gasteiger partial charge in [-0.15, -0.1) is 0 Å². The molecule has 0 atom stereocenters. The second kappa shape index (κ2) is 7.04. The number of hydrogen-bond acceptors (Lipinski definition) is 4. The number of nitrogens with one attached hydrogen (secondary N) is 2. The molecule has 20 heavy (non-hydrogen) atoms. The number of thiophene rings is 1. The van der Waals surface area contributed by atoms with Gasteiger partial charge in [-0.25, -0.2) is 0 Å². The first-order chi connectivity index (χ1) is 9.66. The summed E-state index contributed by atoms with van der Waals surface area (Å²) in [6.45, 7) is 1.67. The number of rotatable bonds is 5. The summed E-state index contributed by atoms with van der Waals surface area (Å²) in [4.78, 5) is 36.2. The maximum absolute atomic E-state index is 11.9. The van der Waals surface area contributed by atoms with Crippen molar-refractivity contribution >= 4 is 29.1 Å². The summed E-state index contributed by atoms with van der Waals surface area (Å²) in [5.41, 5.74) is 0.647. The highest BCUT2D eigenvalue weighted by Crippen LogP contribution is 2.05. The molecule has 7 heteroatoms. The highest BCUT2D eigenvalue weighted by Gasteiger charge is 2.20. The van der Waals surface area contributed by atoms with Gasteiger partial charge in [0.25, 0.3) is 5.91 Å². The van der Waals surface area contributed by atoms with Crippen molar-refractivity contribution < 1.29 is 14.4 Å². The van der Waals surface area contributed by atoms with Crippen LogP contribution in [0, 0.1) is 0 Å². The molecule has 3 amide bonds. The van der Waals surface area contributed by atoms with E-state index in [1.165, 1.54) is 11.3 Å². The van der Waals surface area contributed by atoms with E-state index >= 15 is 0 Å². The summed E-state index contributed by atoms with van der Waals surface area (Å²) < 4.78 is 0. The molecule has 0 aromatic carbocycles. The van der Waals surface area contributed by atoms with E-state index in [0.717, 1.165) is 0 Å². The second-order valence-corrected chi connectivity index (χ2v) is 5.32. The highest BCUT2D eigenvalue weighted by molar-refractivity contribution is 7.08. The molecule has 1 aromatic heterocycles. The summed E-state index contributed by atoms with van der Waals surface area (Å²) in [6, 6.07) is 1.76. The molecule has 0 bridgehead atoms. The van der Waals surface area contributed by atoms with Crippen LogP contribution in [0.4, 0.5) is 0 Å². The number of carbonyl (C=O) groups excluding carboxylic acids is 3. The second-order valence-electron chi connectivity index (χ2n) is 4.54. The van der Waals surface area contributed by atoms with Crippen LogP contribution in [0.3, 0.4) is 0 Å². The third-order valence-corrected chi connectivity index (χ3v) is 3.71. The normalized spacial score (nSPS) is 14.8. The predicted molar refractivity (Wildman–Crippen MR) is 75.5 cm³/mol. The summed E-state index contributed by atoms with van der Waals surface area (Å²) in [5.74, 6) is -0.268. The Morgan fingerprint density at radius 2 is 2.30 bits per heavy atom. The average Bonchev–Trinajstić information content (AvgIpc) is 2.97. The van der Waals surface area contributed by atoms with Crippen LogP contribution in [0.5, 0.6) is 0 Å². The minimum atomic E-state index is -0.115. The molecular weight excluding hydrogens is 278 g/mol. The third kappa shape index (κ3) is 4.06. The van der Waals surface area contributed by atoms with Crippen LogP contribution in [0.1, 0.15) is 23.2 Å². The largest absolute Gasteiger partial charge is 0.353 e. The van der Waals surface area contributed by atoms with Gasteiger partial charge in [0.2, 0.25) is 11.8 Å². The summed E-state index contributed by atoms with van der Waals surface area (Å²) in [5, 5.41) is 9.08. The third-order valence-electron chi connectivity index (χ3n) is 3.03. The van der Waals surface area contributed by atoms with Crippen molar-refractivity contribution in [2.75, 3.05) is 26.2 Å². The Morgan fingerprint density at radius 3 is 3.00 bits per heavy atom. The van der Waals surface area contributed by atoms with E-state index in [0.29, 0.717) is 38.0 Å². The maximum Gasteiger partial charge on any atom is 0.252 e. The van der Waals surface area contributed by atoms with Crippen LogP contribution in [0.15, 0.2) is 16.8 Å².